The molecule has 0 saturated heterocycles. The van der Waals surface area contributed by atoms with Crippen LogP contribution in [0.25, 0.3) is 0 Å². The van der Waals surface area contributed by atoms with Crippen molar-refractivity contribution in [1.29, 1.82) is 5.26 Å². The molecule has 8 heteroatoms. The van der Waals surface area contributed by atoms with Gasteiger partial charge in [-0.25, -0.2) is 8.93 Å². The molecule has 0 aliphatic heterocycles. The molecule has 0 radical (unpaired) electrons. The van der Waals surface area contributed by atoms with Crippen molar-refractivity contribution in [1.82, 2.24) is 4.72 Å². The minimum Gasteiger partial charge on any atom is -0.381 e. The van der Waals surface area contributed by atoms with Crippen LogP contribution in [0.15, 0.2) is 22.7 Å². The Bertz CT molecular complexity index is 970. The van der Waals surface area contributed by atoms with Crippen LogP contribution in [0.2, 0.25) is 0 Å². The number of ether oxygens (including phenoxy) is 3. The van der Waals surface area contributed by atoms with E-state index in [4.69, 9.17) is 14.2 Å². The summed E-state index contributed by atoms with van der Waals surface area (Å²) < 4.78 is 36.4. The lowest BCUT2D eigenvalue weighted by atomic mass is 9.54. The molecule has 1 spiro atoms. The second kappa shape index (κ2) is 10.5. The monoisotopic (exact) mass is 568 g/mol. The first-order valence-corrected chi connectivity index (χ1v) is 14.5. The fourth-order valence-electron chi connectivity index (χ4n) is 6.72. The molecule has 0 bridgehead atoms. The van der Waals surface area contributed by atoms with Gasteiger partial charge in [-0.3, -0.25) is 0 Å². The second-order valence-corrected chi connectivity index (χ2v) is 14.0. The van der Waals surface area contributed by atoms with Gasteiger partial charge < -0.3 is 14.2 Å². The number of fused-ring (bicyclic) bond motifs is 1. The van der Waals surface area contributed by atoms with Crippen LogP contribution >= 0.6 is 15.9 Å². The number of benzene rings is 1. The summed E-state index contributed by atoms with van der Waals surface area (Å²) in [6.07, 6.45) is 2.40. The lowest BCUT2D eigenvalue weighted by molar-refractivity contribution is -0.271. The molecule has 1 aromatic carbocycles. The zero-order valence-corrected chi connectivity index (χ0v) is 24.8. The Hall–Kier alpha value is -0.820. The molecular formula is C27H41BrN2O4S. The molecule has 1 fully saturated rings. The molecule has 2 aliphatic rings. The standard InChI is InChI=1S/C27H41BrN2O4S/c1-9-33-26(17-29,34-10-2)27(30-35(31)24(5,6)7)22-13-21(28)12-11-20(22)16-25(27)14-18(3)23(32-8)19(4)15-25/h11-13,18-19,23,30H,9-10,14-16H2,1-8H3/t18-,19+,23?,25?,27-,35+/m0/s1. The number of halogens is 1. The highest BCUT2D eigenvalue weighted by atomic mass is 79.9. The van der Waals surface area contributed by atoms with Crippen molar-refractivity contribution < 1.29 is 18.4 Å². The van der Waals surface area contributed by atoms with Crippen molar-refractivity contribution in [2.75, 3.05) is 20.3 Å². The summed E-state index contributed by atoms with van der Waals surface area (Å²) >= 11 is 3.66. The summed E-state index contributed by atoms with van der Waals surface area (Å²) in [6.45, 7) is 14.6. The number of nitrogens with one attached hydrogen (secondary N) is 1. The average Bonchev–Trinajstić information content (AvgIpc) is 3.01. The molecule has 0 aromatic heterocycles. The molecule has 3 rings (SSSR count). The first kappa shape index (κ1) is 28.7. The number of rotatable bonds is 8. The smallest absolute Gasteiger partial charge is 0.283 e. The van der Waals surface area contributed by atoms with E-state index < -0.39 is 32.5 Å². The SMILES string of the molecule is CCOC(C#N)(OCC)[C@]1(N[S@](=O)C(C)(C)C)c2cc(Br)ccc2CC12C[C@@H](C)C(OC)[C@@H](C)C2. The summed E-state index contributed by atoms with van der Waals surface area (Å²) in [7, 11) is 0.270. The summed E-state index contributed by atoms with van der Waals surface area (Å²) in [5.41, 5.74) is 0.397. The Labute approximate surface area is 222 Å². The van der Waals surface area contributed by atoms with Crippen LogP contribution in [-0.4, -0.2) is 41.2 Å². The Morgan fingerprint density at radius 1 is 1.17 bits per heavy atom. The molecule has 2 unspecified atom stereocenters. The van der Waals surface area contributed by atoms with Crippen LogP contribution in [0.3, 0.4) is 0 Å². The number of hydrogen-bond acceptors (Lipinski definition) is 5. The molecule has 1 saturated carbocycles. The van der Waals surface area contributed by atoms with Crippen molar-refractivity contribution >= 4 is 26.9 Å². The quantitative estimate of drug-likeness (QED) is 0.412. The van der Waals surface area contributed by atoms with Crippen molar-refractivity contribution in [3.63, 3.8) is 0 Å². The third kappa shape index (κ3) is 4.66. The topological polar surface area (TPSA) is 80.6 Å². The Morgan fingerprint density at radius 3 is 2.20 bits per heavy atom. The van der Waals surface area contributed by atoms with Gasteiger partial charge in [0.2, 0.25) is 0 Å². The third-order valence-electron chi connectivity index (χ3n) is 7.76. The minimum absolute atomic E-state index is 0.109. The van der Waals surface area contributed by atoms with Crippen LogP contribution in [0.1, 0.15) is 72.4 Å². The van der Waals surface area contributed by atoms with E-state index in [9.17, 15) is 9.47 Å². The van der Waals surface area contributed by atoms with E-state index in [1.54, 1.807) is 7.11 Å². The van der Waals surface area contributed by atoms with E-state index in [1.807, 2.05) is 40.7 Å². The van der Waals surface area contributed by atoms with Gasteiger partial charge in [0.15, 0.2) is 0 Å². The van der Waals surface area contributed by atoms with E-state index in [2.05, 4.69) is 52.7 Å². The van der Waals surface area contributed by atoms with Crippen LogP contribution in [0.4, 0.5) is 0 Å². The molecule has 2 aliphatic carbocycles. The van der Waals surface area contributed by atoms with E-state index in [-0.39, 0.29) is 31.2 Å². The van der Waals surface area contributed by atoms with Gasteiger partial charge in [0.1, 0.15) is 11.6 Å². The van der Waals surface area contributed by atoms with Crippen LogP contribution in [0.5, 0.6) is 0 Å². The fourth-order valence-corrected chi connectivity index (χ4v) is 8.13. The van der Waals surface area contributed by atoms with Gasteiger partial charge >= 0.3 is 0 Å². The van der Waals surface area contributed by atoms with Gasteiger partial charge in [-0.05, 0) is 89.0 Å². The number of nitriles is 1. The van der Waals surface area contributed by atoms with Crippen LogP contribution < -0.4 is 4.72 Å². The minimum atomic E-state index is -1.68. The molecule has 0 amide bonds. The molecular weight excluding hydrogens is 528 g/mol. The van der Waals surface area contributed by atoms with Gasteiger partial charge in [0, 0.05) is 30.2 Å². The van der Waals surface area contributed by atoms with E-state index in [1.165, 1.54) is 0 Å². The average molecular weight is 570 g/mol. The summed E-state index contributed by atoms with van der Waals surface area (Å²) in [5.74, 6) is -1.22. The zero-order valence-electron chi connectivity index (χ0n) is 22.4. The third-order valence-corrected chi connectivity index (χ3v) is 9.85. The van der Waals surface area contributed by atoms with Gasteiger partial charge in [-0.15, -0.1) is 0 Å². The second-order valence-electron chi connectivity index (χ2n) is 11.1. The van der Waals surface area contributed by atoms with Gasteiger partial charge in [0.25, 0.3) is 5.79 Å². The lowest BCUT2D eigenvalue weighted by Gasteiger charge is -2.58. The lowest BCUT2D eigenvalue weighted by Crippen LogP contribution is -2.71. The molecule has 6 atom stereocenters. The van der Waals surface area contributed by atoms with Gasteiger partial charge in [-0.2, -0.15) is 5.26 Å². The van der Waals surface area contributed by atoms with E-state index in [0.29, 0.717) is 0 Å². The Balaban J connectivity index is 2.43. The highest BCUT2D eigenvalue weighted by Gasteiger charge is 2.72. The van der Waals surface area contributed by atoms with Crippen molar-refractivity contribution in [3.8, 4) is 6.07 Å². The Kier molecular flexibility index (Phi) is 8.63. The molecule has 1 aromatic rings. The molecule has 196 valence electrons. The van der Waals surface area contributed by atoms with E-state index in [0.717, 1.165) is 34.9 Å². The molecule has 0 heterocycles. The predicted molar refractivity (Wildman–Crippen MR) is 143 cm³/mol. The number of methoxy groups -OCH3 is 1. The highest BCUT2D eigenvalue weighted by Crippen LogP contribution is 2.65. The maximum absolute atomic E-state index is 13.9. The summed E-state index contributed by atoms with van der Waals surface area (Å²) in [6, 6.07) is 8.66. The fraction of sp³-hybridized carbons (Fsp3) is 0.741. The van der Waals surface area contributed by atoms with Gasteiger partial charge in [-0.1, -0.05) is 35.8 Å². The maximum atomic E-state index is 13.9. The molecule has 35 heavy (non-hydrogen) atoms. The van der Waals surface area contributed by atoms with Gasteiger partial charge in [0.05, 0.1) is 21.8 Å². The van der Waals surface area contributed by atoms with Crippen molar-refractivity contribution in [3.05, 3.63) is 33.8 Å². The van der Waals surface area contributed by atoms with Crippen LogP contribution in [-0.2, 0) is 37.2 Å². The first-order valence-electron chi connectivity index (χ1n) is 12.6. The molecule has 1 N–H and O–H groups in total. The van der Waals surface area contributed by atoms with Crippen LogP contribution in [0, 0.1) is 28.6 Å². The molecule has 6 nitrogen and oxygen atoms in total. The summed E-state index contributed by atoms with van der Waals surface area (Å²) in [4.78, 5) is 0. The number of nitrogens with zero attached hydrogens (tertiary/aromatic N) is 1. The zero-order chi connectivity index (χ0) is 26.2. The predicted octanol–water partition coefficient (Wildman–Crippen LogP) is 5.61. The van der Waals surface area contributed by atoms with Crippen molar-refractivity contribution in [2.45, 2.75) is 89.9 Å². The van der Waals surface area contributed by atoms with E-state index >= 15 is 0 Å². The van der Waals surface area contributed by atoms with Crippen molar-refractivity contribution in [2.24, 2.45) is 17.3 Å². The number of hydrogen-bond donors (Lipinski definition) is 1. The Morgan fingerprint density at radius 2 is 1.74 bits per heavy atom. The maximum Gasteiger partial charge on any atom is 0.283 e. The summed E-state index contributed by atoms with van der Waals surface area (Å²) in [5, 5.41) is 10.8. The highest BCUT2D eigenvalue weighted by molar-refractivity contribution is 9.10. The normalized spacial score (nSPS) is 31.8. The first-order chi connectivity index (χ1) is 16.4. The largest absolute Gasteiger partial charge is 0.381 e.